The van der Waals surface area contributed by atoms with Crippen LogP contribution in [0, 0.1) is 19.8 Å². The summed E-state index contributed by atoms with van der Waals surface area (Å²) in [6.07, 6.45) is 2.76. The summed E-state index contributed by atoms with van der Waals surface area (Å²) in [5.74, 6) is 0.294. The molecule has 1 aromatic heterocycles. The van der Waals surface area contributed by atoms with E-state index in [0.29, 0.717) is 32.1 Å². The molecular formula is C20H29N5O3S. The fraction of sp³-hybridized carbons (Fsp3) is 0.500. The molecule has 1 aliphatic rings. The van der Waals surface area contributed by atoms with Crippen molar-refractivity contribution in [2.24, 2.45) is 5.92 Å². The molecule has 1 aromatic carbocycles. The lowest BCUT2D eigenvalue weighted by atomic mass is 9.98. The van der Waals surface area contributed by atoms with Crippen LogP contribution in [0.1, 0.15) is 29.8 Å². The Morgan fingerprint density at radius 3 is 2.41 bits per heavy atom. The first-order valence-corrected chi connectivity index (χ1v) is 11.7. The zero-order valence-electron chi connectivity index (χ0n) is 17.2. The first kappa shape index (κ1) is 21.3. The third kappa shape index (κ3) is 5.36. The summed E-state index contributed by atoms with van der Waals surface area (Å²) in [5, 5.41) is 10.4. The number of urea groups is 1. The Hall–Kier alpha value is -2.39. The molecule has 2 aromatic rings. The predicted molar refractivity (Wildman–Crippen MR) is 112 cm³/mol. The van der Waals surface area contributed by atoms with E-state index >= 15 is 0 Å². The molecule has 1 aliphatic heterocycles. The molecule has 1 saturated heterocycles. The summed E-state index contributed by atoms with van der Waals surface area (Å²) in [4.78, 5) is 12.2. The summed E-state index contributed by atoms with van der Waals surface area (Å²) in [7, 11) is -3.12. The van der Waals surface area contributed by atoms with Gasteiger partial charge in [-0.15, -0.1) is 0 Å². The quantitative estimate of drug-likeness (QED) is 0.748. The van der Waals surface area contributed by atoms with Crippen LogP contribution in [0.25, 0.3) is 5.69 Å². The molecule has 2 amide bonds. The summed E-state index contributed by atoms with van der Waals surface area (Å²) in [5.41, 5.74) is 3.89. The summed E-state index contributed by atoms with van der Waals surface area (Å²) >= 11 is 0. The minimum atomic E-state index is -3.12. The van der Waals surface area contributed by atoms with Crippen molar-refractivity contribution in [3.63, 3.8) is 0 Å². The molecule has 0 radical (unpaired) electrons. The second-order valence-electron chi connectivity index (χ2n) is 7.57. The molecule has 0 aliphatic carbocycles. The minimum Gasteiger partial charge on any atom is -0.338 e. The van der Waals surface area contributed by atoms with Crippen molar-refractivity contribution in [1.29, 1.82) is 0 Å². The van der Waals surface area contributed by atoms with Gasteiger partial charge in [0, 0.05) is 37.4 Å². The van der Waals surface area contributed by atoms with Gasteiger partial charge in [-0.05, 0) is 44.7 Å². The van der Waals surface area contributed by atoms with Crippen molar-refractivity contribution in [1.82, 2.24) is 24.7 Å². The molecule has 1 fully saturated rings. The third-order valence-electron chi connectivity index (χ3n) is 5.46. The number of aryl methyl sites for hydroxylation is 1. The van der Waals surface area contributed by atoms with Gasteiger partial charge in [-0.3, -0.25) is 0 Å². The van der Waals surface area contributed by atoms with Crippen LogP contribution in [0.15, 0.2) is 30.3 Å². The van der Waals surface area contributed by atoms with Crippen LogP contribution < -0.4 is 10.6 Å². The summed E-state index contributed by atoms with van der Waals surface area (Å²) in [6, 6.07) is 9.68. The highest BCUT2D eigenvalue weighted by Crippen LogP contribution is 2.19. The van der Waals surface area contributed by atoms with Gasteiger partial charge in [0.05, 0.1) is 17.6 Å². The zero-order chi connectivity index (χ0) is 21.0. The van der Waals surface area contributed by atoms with Gasteiger partial charge in [0.2, 0.25) is 10.0 Å². The number of sulfonamides is 1. The van der Waals surface area contributed by atoms with Gasteiger partial charge in [0.25, 0.3) is 0 Å². The molecule has 0 unspecified atom stereocenters. The maximum absolute atomic E-state index is 12.2. The number of amides is 2. The van der Waals surface area contributed by atoms with E-state index in [0.717, 1.165) is 35.5 Å². The second kappa shape index (κ2) is 8.96. The van der Waals surface area contributed by atoms with Gasteiger partial charge in [0.1, 0.15) is 0 Å². The van der Waals surface area contributed by atoms with Gasteiger partial charge in [-0.25, -0.2) is 22.2 Å². The molecule has 8 nitrogen and oxygen atoms in total. The number of piperidine rings is 1. The Kier molecular flexibility index (Phi) is 6.59. The van der Waals surface area contributed by atoms with Crippen molar-refractivity contribution < 1.29 is 13.2 Å². The highest BCUT2D eigenvalue weighted by molar-refractivity contribution is 7.88. The predicted octanol–water partition coefficient (Wildman–Crippen LogP) is 1.96. The maximum Gasteiger partial charge on any atom is 0.315 e. The first-order valence-electron chi connectivity index (χ1n) is 9.83. The molecule has 29 heavy (non-hydrogen) atoms. The van der Waals surface area contributed by atoms with E-state index in [4.69, 9.17) is 0 Å². The van der Waals surface area contributed by atoms with Crippen LogP contribution in [-0.4, -0.2) is 54.4 Å². The number of para-hydroxylation sites is 1. The van der Waals surface area contributed by atoms with E-state index in [1.807, 2.05) is 48.9 Å². The Morgan fingerprint density at radius 2 is 1.79 bits per heavy atom. The number of nitrogens with zero attached hydrogens (tertiary/aromatic N) is 3. The lowest BCUT2D eigenvalue weighted by molar-refractivity contribution is 0.231. The molecule has 3 rings (SSSR count). The molecular weight excluding hydrogens is 390 g/mol. The minimum absolute atomic E-state index is 0.221. The Bertz CT molecular complexity index is 948. The SMILES string of the molecule is Cc1nn(-c2ccccc2)c(C)c1CNC(=O)NCC1CCN(S(C)(=O)=O)CC1. The highest BCUT2D eigenvalue weighted by Gasteiger charge is 2.25. The molecule has 0 spiro atoms. The first-order chi connectivity index (χ1) is 13.8. The van der Waals surface area contributed by atoms with Crippen molar-refractivity contribution in [3.8, 4) is 5.69 Å². The standard InChI is InChI=1S/C20H29N5O3S/c1-15-19(16(2)25(23-15)18-7-5-4-6-8-18)14-22-20(26)21-13-17-9-11-24(12-10-17)29(3,27)28/h4-8,17H,9-14H2,1-3H3,(H2,21,22,26). The summed E-state index contributed by atoms with van der Waals surface area (Å²) < 4.78 is 26.5. The van der Waals surface area contributed by atoms with Crippen LogP contribution in [-0.2, 0) is 16.6 Å². The second-order valence-corrected chi connectivity index (χ2v) is 9.55. The van der Waals surface area contributed by atoms with E-state index in [1.54, 1.807) is 0 Å². The molecule has 158 valence electrons. The van der Waals surface area contributed by atoms with Gasteiger partial charge < -0.3 is 10.6 Å². The number of hydrogen-bond donors (Lipinski definition) is 2. The van der Waals surface area contributed by atoms with E-state index in [1.165, 1.54) is 10.6 Å². The van der Waals surface area contributed by atoms with Crippen molar-refractivity contribution >= 4 is 16.1 Å². The van der Waals surface area contributed by atoms with Crippen LogP contribution in [0.2, 0.25) is 0 Å². The lowest BCUT2D eigenvalue weighted by Gasteiger charge is -2.30. The van der Waals surface area contributed by atoms with E-state index < -0.39 is 10.0 Å². The average Bonchev–Trinajstić information content (AvgIpc) is 2.99. The smallest absolute Gasteiger partial charge is 0.315 e. The lowest BCUT2D eigenvalue weighted by Crippen LogP contribution is -2.43. The number of benzene rings is 1. The molecule has 0 bridgehead atoms. The fourth-order valence-corrected chi connectivity index (χ4v) is 4.54. The molecule has 2 heterocycles. The zero-order valence-corrected chi connectivity index (χ0v) is 18.0. The Labute approximate surface area is 172 Å². The number of rotatable bonds is 6. The normalized spacial score (nSPS) is 16.0. The van der Waals surface area contributed by atoms with Crippen molar-refractivity contribution in [2.45, 2.75) is 33.2 Å². The average molecular weight is 420 g/mol. The maximum atomic E-state index is 12.2. The van der Waals surface area contributed by atoms with Crippen molar-refractivity contribution in [2.75, 3.05) is 25.9 Å². The highest BCUT2D eigenvalue weighted by atomic mass is 32.2. The van der Waals surface area contributed by atoms with Gasteiger partial charge in [-0.1, -0.05) is 18.2 Å². The number of carbonyl (C=O) groups excluding carboxylic acids is 1. The van der Waals surface area contributed by atoms with Gasteiger partial charge in [0.15, 0.2) is 0 Å². The Balaban J connectivity index is 1.49. The van der Waals surface area contributed by atoms with Crippen LogP contribution >= 0.6 is 0 Å². The van der Waals surface area contributed by atoms with Gasteiger partial charge >= 0.3 is 6.03 Å². The Morgan fingerprint density at radius 1 is 1.14 bits per heavy atom. The van der Waals surface area contributed by atoms with Crippen molar-refractivity contribution in [3.05, 3.63) is 47.3 Å². The molecule has 9 heteroatoms. The van der Waals surface area contributed by atoms with Crippen LogP contribution in [0.4, 0.5) is 4.79 Å². The van der Waals surface area contributed by atoms with Crippen LogP contribution in [0.3, 0.4) is 0 Å². The topological polar surface area (TPSA) is 96.3 Å². The number of aromatic nitrogens is 2. The van der Waals surface area contributed by atoms with E-state index in [-0.39, 0.29) is 6.03 Å². The fourth-order valence-electron chi connectivity index (χ4n) is 3.66. The monoisotopic (exact) mass is 419 g/mol. The van der Waals surface area contributed by atoms with E-state index in [9.17, 15) is 13.2 Å². The van der Waals surface area contributed by atoms with Crippen LogP contribution in [0.5, 0.6) is 0 Å². The number of nitrogens with one attached hydrogen (secondary N) is 2. The molecule has 0 atom stereocenters. The number of hydrogen-bond acceptors (Lipinski definition) is 4. The molecule has 0 saturated carbocycles. The van der Waals surface area contributed by atoms with E-state index in [2.05, 4.69) is 15.7 Å². The van der Waals surface area contributed by atoms with Gasteiger partial charge in [-0.2, -0.15) is 5.10 Å². The molecule has 2 N–H and O–H groups in total. The third-order valence-corrected chi connectivity index (χ3v) is 6.76. The largest absolute Gasteiger partial charge is 0.338 e. The summed E-state index contributed by atoms with van der Waals surface area (Å²) in [6.45, 7) is 5.93. The number of carbonyl (C=O) groups is 1.